The first-order chi connectivity index (χ1) is 7.93. The van der Waals surface area contributed by atoms with E-state index in [-0.39, 0.29) is 0 Å². The molecule has 0 saturated carbocycles. The molecule has 16 heavy (non-hydrogen) atoms. The molecule has 1 unspecified atom stereocenters. The maximum absolute atomic E-state index is 4.44. The maximum atomic E-state index is 4.44. The summed E-state index contributed by atoms with van der Waals surface area (Å²) in [5.74, 6) is 1.05. The van der Waals surface area contributed by atoms with E-state index < -0.39 is 0 Å². The first-order valence-electron chi connectivity index (χ1n) is 5.61. The van der Waals surface area contributed by atoms with Gasteiger partial charge in [-0.2, -0.15) is 0 Å². The lowest BCUT2D eigenvalue weighted by atomic mass is 10.0. The number of H-pyrrole nitrogens is 1. The third-order valence-electron chi connectivity index (χ3n) is 2.90. The first-order valence-corrected chi connectivity index (χ1v) is 6.49. The van der Waals surface area contributed by atoms with Gasteiger partial charge in [0, 0.05) is 11.6 Å². The Kier molecular flexibility index (Phi) is 2.71. The Hall–Kier alpha value is -1.20. The zero-order chi connectivity index (χ0) is 10.8. The molecule has 0 radical (unpaired) electrons. The normalized spacial score (nSPS) is 21.1. The highest BCUT2D eigenvalue weighted by molar-refractivity contribution is 7.13. The van der Waals surface area contributed by atoms with Crippen molar-refractivity contribution < 1.29 is 0 Å². The Balaban J connectivity index is 1.82. The molecule has 2 N–H and O–H groups in total. The Morgan fingerprint density at radius 2 is 2.31 bits per heavy atom. The Bertz CT molecular complexity index is 442. The van der Waals surface area contributed by atoms with Crippen molar-refractivity contribution in [3.8, 4) is 10.7 Å². The van der Waals surface area contributed by atoms with Gasteiger partial charge in [-0.1, -0.05) is 6.42 Å². The van der Waals surface area contributed by atoms with Crippen molar-refractivity contribution in [2.45, 2.75) is 25.3 Å². The van der Waals surface area contributed by atoms with Gasteiger partial charge in [0.1, 0.15) is 10.8 Å². The SMILES string of the molecule is c1csc(-c2cnc(C3CCCCN3)[nH]2)n1. The number of imidazole rings is 1. The number of piperidine rings is 1. The Labute approximate surface area is 98.1 Å². The summed E-state index contributed by atoms with van der Waals surface area (Å²) in [5, 5.41) is 6.47. The molecule has 1 atom stereocenters. The van der Waals surface area contributed by atoms with Crippen LogP contribution in [0.4, 0.5) is 0 Å². The van der Waals surface area contributed by atoms with Gasteiger partial charge in [-0.25, -0.2) is 9.97 Å². The van der Waals surface area contributed by atoms with Gasteiger partial charge in [-0.15, -0.1) is 11.3 Å². The molecule has 1 fully saturated rings. The van der Waals surface area contributed by atoms with Gasteiger partial charge in [-0.3, -0.25) is 0 Å². The molecule has 3 heterocycles. The van der Waals surface area contributed by atoms with Crippen LogP contribution in [0.3, 0.4) is 0 Å². The van der Waals surface area contributed by atoms with Crippen molar-refractivity contribution in [2.24, 2.45) is 0 Å². The summed E-state index contributed by atoms with van der Waals surface area (Å²) >= 11 is 1.63. The fraction of sp³-hybridized carbons (Fsp3) is 0.455. The summed E-state index contributed by atoms with van der Waals surface area (Å²) in [7, 11) is 0. The van der Waals surface area contributed by atoms with Gasteiger partial charge in [0.15, 0.2) is 0 Å². The number of nitrogens with zero attached hydrogens (tertiary/aromatic N) is 2. The Morgan fingerprint density at radius 1 is 1.31 bits per heavy atom. The van der Waals surface area contributed by atoms with Crippen LogP contribution in [0.25, 0.3) is 10.7 Å². The van der Waals surface area contributed by atoms with E-state index in [9.17, 15) is 0 Å². The van der Waals surface area contributed by atoms with Crippen molar-refractivity contribution >= 4 is 11.3 Å². The molecule has 3 rings (SSSR count). The summed E-state index contributed by atoms with van der Waals surface area (Å²) in [4.78, 5) is 12.1. The Morgan fingerprint density at radius 3 is 3.06 bits per heavy atom. The largest absolute Gasteiger partial charge is 0.339 e. The van der Waals surface area contributed by atoms with Crippen LogP contribution in [-0.2, 0) is 0 Å². The monoisotopic (exact) mass is 234 g/mol. The van der Waals surface area contributed by atoms with Crippen molar-refractivity contribution in [1.29, 1.82) is 0 Å². The van der Waals surface area contributed by atoms with E-state index in [0.717, 1.165) is 23.1 Å². The van der Waals surface area contributed by atoms with Gasteiger partial charge >= 0.3 is 0 Å². The number of rotatable bonds is 2. The number of aromatic amines is 1. The third-order valence-corrected chi connectivity index (χ3v) is 3.70. The lowest BCUT2D eigenvalue weighted by molar-refractivity contribution is 0.399. The lowest BCUT2D eigenvalue weighted by Crippen LogP contribution is -2.27. The zero-order valence-corrected chi connectivity index (χ0v) is 9.76. The highest BCUT2D eigenvalue weighted by Crippen LogP contribution is 2.24. The van der Waals surface area contributed by atoms with Gasteiger partial charge in [0.05, 0.1) is 17.9 Å². The quantitative estimate of drug-likeness (QED) is 0.838. The second-order valence-electron chi connectivity index (χ2n) is 4.02. The predicted molar refractivity (Wildman–Crippen MR) is 64.3 cm³/mol. The second kappa shape index (κ2) is 4.35. The molecule has 1 aliphatic rings. The van der Waals surface area contributed by atoms with Crippen molar-refractivity contribution in [2.75, 3.05) is 6.54 Å². The van der Waals surface area contributed by atoms with Crippen LogP contribution < -0.4 is 5.32 Å². The van der Waals surface area contributed by atoms with Crippen molar-refractivity contribution in [3.05, 3.63) is 23.6 Å². The van der Waals surface area contributed by atoms with Crippen LogP contribution in [0.1, 0.15) is 31.1 Å². The van der Waals surface area contributed by atoms with Crippen LogP contribution in [0, 0.1) is 0 Å². The van der Waals surface area contributed by atoms with Crippen LogP contribution in [0.5, 0.6) is 0 Å². The summed E-state index contributed by atoms with van der Waals surface area (Å²) in [6.45, 7) is 1.10. The van der Waals surface area contributed by atoms with E-state index in [0.29, 0.717) is 6.04 Å². The molecule has 1 aliphatic heterocycles. The number of hydrogen-bond acceptors (Lipinski definition) is 4. The van der Waals surface area contributed by atoms with Crippen LogP contribution in [0.15, 0.2) is 17.8 Å². The molecule has 0 bridgehead atoms. The minimum atomic E-state index is 0.391. The molecule has 1 saturated heterocycles. The first kappa shape index (κ1) is 9.99. The fourth-order valence-corrected chi connectivity index (χ4v) is 2.67. The van der Waals surface area contributed by atoms with Crippen molar-refractivity contribution in [3.63, 3.8) is 0 Å². The molecule has 2 aromatic rings. The zero-order valence-electron chi connectivity index (χ0n) is 8.94. The van der Waals surface area contributed by atoms with Gasteiger partial charge in [0.25, 0.3) is 0 Å². The molecule has 0 aromatic carbocycles. The van der Waals surface area contributed by atoms with Crippen molar-refractivity contribution in [1.82, 2.24) is 20.3 Å². The highest BCUT2D eigenvalue weighted by Gasteiger charge is 2.18. The molecule has 0 amide bonds. The number of aromatic nitrogens is 3. The van der Waals surface area contributed by atoms with Gasteiger partial charge in [-0.05, 0) is 19.4 Å². The minimum absolute atomic E-state index is 0.391. The number of thiazole rings is 1. The molecule has 5 heteroatoms. The smallest absolute Gasteiger partial charge is 0.141 e. The van der Waals surface area contributed by atoms with Crippen LogP contribution >= 0.6 is 11.3 Å². The van der Waals surface area contributed by atoms with Crippen LogP contribution in [0.2, 0.25) is 0 Å². The molecule has 0 aliphatic carbocycles. The summed E-state index contributed by atoms with van der Waals surface area (Å²) in [6, 6.07) is 0.391. The number of hydrogen-bond donors (Lipinski definition) is 2. The average Bonchev–Trinajstić information content (AvgIpc) is 3.01. The van der Waals surface area contributed by atoms with Gasteiger partial charge < -0.3 is 10.3 Å². The van der Waals surface area contributed by atoms with E-state index in [1.807, 2.05) is 17.8 Å². The highest BCUT2D eigenvalue weighted by atomic mass is 32.1. The molecular formula is C11H14N4S. The van der Waals surface area contributed by atoms with E-state index >= 15 is 0 Å². The van der Waals surface area contributed by atoms with E-state index in [1.165, 1.54) is 19.3 Å². The van der Waals surface area contributed by atoms with E-state index in [4.69, 9.17) is 0 Å². The van der Waals surface area contributed by atoms with E-state index in [2.05, 4.69) is 20.3 Å². The van der Waals surface area contributed by atoms with Gasteiger partial charge in [0.2, 0.25) is 0 Å². The fourth-order valence-electron chi connectivity index (χ4n) is 2.06. The lowest BCUT2D eigenvalue weighted by Gasteiger charge is -2.21. The van der Waals surface area contributed by atoms with Crippen LogP contribution in [-0.4, -0.2) is 21.5 Å². The topological polar surface area (TPSA) is 53.6 Å². The molecule has 2 aromatic heterocycles. The number of nitrogens with one attached hydrogen (secondary N) is 2. The summed E-state index contributed by atoms with van der Waals surface area (Å²) in [6.07, 6.45) is 7.43. The molecule has 84 valence electrons. The molecule has 4 nitrogen and oxygen atoms in total. The summed E-state index contributed by atoms with van der Waals surface area (Å²) < 4.78 is 0. The maximum Gasteiger partial charge on any atom is 0.141 e. The third kappa shape index (κ3) is 1.88. The predicted octanol–water partition coefficient (Wildman–Crippen LogP) is 2.35. The average molecular weight is 234 g/mol. The molecular weight excluding hydrogens is 220 g/mol. The standard InChI is InChI=1S/C11H14N4S/c1-2-4-12-8(3-1)10-14-7-9(15-10)11-13-5-6-16-11/h5-8,12H,1-4H2,(H,14,15). The second-order valence-corrected chi connectivity index (χ2v) is 4.92. The van der Waals surface area contributed by atoms with E-state index in [1.54, 1.807) is 11.3 Å². The minimum Gasteiger partial charge on any atom is -0.339 e. The molecule has 0 spiro atoms. The summed E-state index contributed by atoms with van der Waals surface area (Å²) in [5.41, 5.74) is 1.03.